The third-order valence-electron chi connectivity index (χ3n) is 5.27. The lowest BCUT2D eigenvalue weighted by atomic mass is 10.1. The van der Waals surface area contributed by atoms with Crippen molar-refractivity contribution < 1.29 is 14.3 Å². The number of nitrogens with one attached hydrogen (secondary N) is 2. The number of para-hydroxylation sites is 3. The van der Waals surface area contributed by atoms with E-state index in [9.17, 15) is 9.59 Å². The first-order chi connectivity index (χ1) is 15.2. The van der Waals surface area contributed by atoms with Gasteiger partial charge in [0, 0.05) is 23.7 Å². The molecule has 0 bridgehead atoms. The second kappa shape index (κ2) is 9.66. The van der Waals surface area contributed by atoms with E-state index >= 15 is 0 Å². The van der Waals surface area contributed by atoms with Crippen LogP contribution < -0.4 is 20.3 Å². The number of fused-ring (bicyclic) bond motifs is 1. The van der Waals surface area contributed by atoms with Gasteiger partial charge in [-0.1, -0.05) is 36.4 Å². The molecule has 1 atom stereocenters. The van der Waals surface area contributed by atoms with Crippen molar-refractivity contribution in [3.63, 3.8) is 0 Å². The van der Waals surface area contributed by atoms with Gasteiger partial charge in [-0.25, -0.2) is 0 Å². The average Bonchev–Trinajstić information content (AvgIpc) is 3.46. The highest BCUT2D eigenvalue weighted by atomic mass is 32.1. The number of benzene rings is 2. The fourth-order valence-corrected chi connectivity index (χ4v) is 4.67. The van der Waals surface area contributed by atoms with Crippen LogP contribution in [0.4, 0.5) is 11.4 Å². The van der Waals surface area contributed by atoms with E-state index in [-0.39, 0.29) is 6.04 Å². The minimum Gasteiger partial charge on any atom is -0.492 e. The Kier molecular flexibility index (Phi) is 6.52. The van der Waals surface area contributed by atoms with Crippen molar-refractivity contribution in [2.75, 3.05) is 29.9 Å². The summed E-state index contributed by atoms with van der Waals surface area (Å²) in [6.45, 7) is 3.56. The first-order valence-corrected chi connectivity index (χ1v) is 11.2. The summed E-state index contributed by atoms with van der Waals surface area (Å²) in [4.78, 5) is 28.5. The quantitative estimate of drug-likeness (QED) is 0.550. The molecule has 7 heteroatoms. The number of hydrogen-bond donors (Lipinski definition) is 2. The van der Waals surface area contributed by atoms with E-state index in [2.05, 4.69) is 39.8 Å². The van der Waals surface area contributed by atoms with Gasteiger partial charge in [0.05, 0.1) is 18.3 Å². The Hall–Kier alpha value is -3.32. The summed E-state index contributed by atoms with van der Waals surface area (Å²) in [5, 5.41) is 7.51. The Morgan fingerprint density at radius 2 is 1.87 bits per heavy atom. The molecule has 1 aromatic heterocycles. The molecule has 6 nitrogen and oxygen atoms in total. The van der Waals surface area contributed by atoms with Gasteiger partial charge in [0.2, 0.25) is 0 Å². The molecule has 0 fully saturated rings. The van der Waals surface area contributed by atoms with Crippen molar-refractivity contribution in [1.29, 1.82) is 0 Å². The molecule has 2 amide bonds. The summed E-state index contributed by atoms with van der Waals surface area (Å²) < 4.78 is 5.51. The minimum absolute atomic E-state index is 0.0314. The molecule has 31 heavy (non-hydrogen) atoms. The van der Waals surface area contributed by atoms with Crippen molar-refractivity contribution in [3.8, 4) is 5.75 Å². The Bertz CT molecular complexity index is 1050. The number of nitrogens with zero attached hydrogens (tertiary/aromatic N) is 1. The van der Waals surface area contributed by atoms with Gasteiger partial charge in [-0.05, 0) is 48.6 Å². The van der Waals surface area contributed by atoms with Gasteiger partial charge in [-0.15, -0.1) is 11.3 Å². The van der Waals surface area contributed by atoms with E-state index in [1.54, 1.807) is 29.5 Å². The number of hydrogen-bond acceptors (Lipinski definition) is 5. The van der Waals surface area contributed by atoms with Gasteiger partial charge < -0.3 is 20.3 Å². The van der Waals surface area contributed by atoms with Crippen LogP contribution in [0.15, 0.2) is 66.0 Å². The molecule has 2 heterocycles. The maximum atomic E-state index is 12.6. The third-order valence-corrected chi connectivity index (χ3v) is 6.24. The summed E-state index contributed by atoms with van der Waals surface area (Å²) in [5.74, 6) is -0.837. The fourth-order valence-electron chi connectivity index (χ4n) is 3.83. The molecule has 0 spiro atoms. The maximum Gasteiger partial charge on any atom is 0.313 e. The molecule has 0 saturated carbocycles. The molecule has 2 aromatic carbocycles. The molecule has 1 aliphatic heterocycles. The first kappa shape index (κ1) is 20.9. The molecule has 0 radical (unpaired) electrons. The Morgan fingerprint density at radius 3 is 2.68 bits per heavy atom. The topological polar surface area (TPSA) is 70.7 Å². The third kappa shape index (κ3) is 4.72. The standard InChI is InChI=1S/C24H25N3O3S/c1-2-30-21-11-6-4-9-18(21)26-24(29)23(28)25-16-20(22-12-7-15-31-22)27-14-13-17-8-3-5-10-19(17)27/h3-12,15,20H,2,13-14,16H2,1H3,(H,25,28)(H,26,29)/t20-/m1/s1. The van der Waals surface area contributed by atoms with Crippen molar-refractivity contribution in [1.82, 2.24) is 5.32 Å². The van der Waals surface area contributed by atoms with E-state index in [0.29, 0.717) is 24.6 Å². The molecule has 0 unspecified atom stereocenters. The molecular formula is C24H25N3O3S. The van der Waals surface area contributed by atoms with Crippen LogP contribution in [0.1, 0.15) is 23.4 Å². The van der Waals surface area contributed by atoms with Gasteiger partial charge in [0.15, 0.2) is 0 Å². The summed E-state index contributed by atoms with van der Waals surface area (Å²) in [6, 6.07) is 19.5. The lowest BCUT2D eigenvalue weighted by Gasteiger charge is -2.30. The molecule has 0 aliphatic carbocycles. The summed E-state index contributed by atoms with van der Waals surface area (Å²) in [7, 11) is 0. The second-order valence-corrected chi connectivity index (χ2v) is 8.18. The highest BCUT2D eigenvalue weighted by molar-refractivity contribution is 7.10. The van der Waals surface area contributed by atoms with Crippen molar-refractivity contribution in [2.24, 2.45) is 0 Å². The summed E-state index contributed by atoms with van der Waals surface area (Å²) >= 11 is 1.65. The van der Waals surface area contributed by atoms with E-state index in [1.807, 2.05) is 30.5 Å². The Balaban J connectivity index is 1.44. The van der Waals surface area contributed by atoms with E-state index < -0.39 is 11.8 Å². The van der Waals surface area contributed by atoms with Crippen LogP contribution in [-0.2, 0) is 16.0 Å². The summed E-state index contributed by atoms with van der Waals surface area (Å²) in [5.41, 5.74) is 2.97. The van der Waals surface area contributed by atoms with Crippen LogP contribution in [0, 0.1) is 0 Å². The van der Waals surface area contributed by atoms with E-state index in [1.165, 1.54) is 11.3 Å². The summed E-state index contributed by atoms with van der Waals surface area (Å²) in [6.07, 6.45) is 0.973. The lowest BCUT2D eigenvalue weighted by Crippen LogP contribution is -2.41. The lowest BCUT2D eigenvalue weighted by molar-refractivity contribution is -0.136. The highest BCUT2D eigenvalue weighted by Gasteiger charge is 2.28. The number of amides is 2. The molecule has 160 valence electrons. The van der Waals surface area contributed by atoms with Gasteiger partial charge >= 0.3 is 11.8 Å². The second-order valence-electron chi connectivity index (χ2n) is 7.20. The Morgan fingerprint density at radius 1 is 1.06 bits per heavy atom. The number of anilines is 2. The Labute approximate surface area is 185 Å². The van der Waals surface area contributed by atoms with Crippen LogP contribution in [0.25, 0.3) is 0 Å². The van der Waals surface area contributed by atoms with Crippen LogP contribution >= 0.6 is 11.3 Å². The molecule has 0 saturated heterocycles. The fraction of sp³-hybridized carbons (Fsp3) is 0.250. The van der Waals surface area contributed by atoms with E-state index in [4.69, 9.17) is 4.74 Å². The number of carbonyl (C=O) groups is 2. The van der Waals surface area contributed by atoms with Crippen LogP contribution in [-0.4, -0.2) is 31.5 Å². The number of ether oxygens (including phenoxy) is 1. The zero-order valence-corrected chi connectivity index (χ0v) is 18.2. The number of carbonyl (C=O) groups excluding carboxylic acids is 2. The minimum atomic E-state index is -0.709. The van der Waals surface area contributed by atoms with Crippen molar-refractivity contribution in [3.05, 3.63) is 76.5 Å². The van der Waals surface area contributed by atoms with Gasteiger partial charge in [0.25, 0.3) is 0 Å². The van der Waals surface area contributed by atoms with Gasteiger partial charge in [0.1, 0.15) is 5.75 Å². The largest absolute Gasteiger partial charge is 0.492 e. The smallest absolute Gasteiger partial charge is 0.313 e. The van der Waals surface area contributed by atoms with Crippen molar-refractivity contribution >= 4 is 34.5 Å². The predicted molar refractivity (Wildman–Crippen MR) is 124 cm³/mol. The van der Waals surface area contributed by atoms with Crippen LogP contribution in [0.5, 0.6) is 5.75 Å². The predicted octanol–water partition coefficient (Wildman–Crippen LogP) is 4.01. The zero-order valence-electron chi connectivity index (χ0n) is 17.3. The normalized spacial score (nSPS) is 13.4. The zero-order chi connectivity index (χ0) is 21.6. The molecular weight excluding hydrogens is 410 g/mol. The van der Waals surface area contributed by atoms with Crippen LogP contribution in [0.2, 0.25) is 0 Å². The average molecular weight is 436 g/mol. The van der Waals surface area contributed by atoms with Gasteiger partial charge in [-0.2, -0.15) is 0 Å². The number of thiophene rings is 1. The van der Waals surface area contributed by atoms with Crippen molar-refractivity contribution in [2.45, 2.75) is 19.4 Å². The van der Waals surface area contributed by atoms with E-state index in [0.717, 1.165) is 17.8 Å². The van der Waals surface area contributed by atoms with Crippen LogP contribution in [0.3, 0.4) is 0 Å². The first-order valence-electron chi connectivity index (χ1n) is 10.4. The number of rotatable bonds is 7. The molecule has 3 aromatic rings. The maximum absolute atomic E-state index is 12.6. The monoisotopic (exact) mass is 435 g/mol. The SMILES string of the molecule is CCOc1ccccc1NC(=O)C(=O)NC[C@H](c1cccs1)N1CCc2ccccc21. The molecule has 2 N–H and O–H groups in total. The molecule has 1 aliphatic rings. The molecule has 4 rings (SSSR count). The van der Waals surface area contributed by atoms with Gasteiger partial charge in [-0.3, -0.25) is 9.59 Å². The highest BCUT2D eigenvalue weighted by Crippen LogP contribution is 2.36.